The van der Waals surface area contributed by atoms with Crippen LogP contribution in [-0.4, -0.2) is 37.6 Å². The fraction of sp³-hybridized carbons (Fsp3) is 0.846. The predicted octanol–water partition coefficient (Wildman–Crippen LogP) is 1.42. The average Bonchev–Trinajstić information content (AvgIpc) is 2.94. The molecule has 1 saturated carbocycles. The van der Waals surface area contributed by atoms with E-state index in [1.807, 2.05) is 0 Å². The molecule has 0 aromatic carbocycles. The van der Waals surface area contributed by atoms with E-state index in [-0.39, 0.29) is 17.3 Å². The molecule has 0 radical (unpaired) electrons. The number of hydrogen-bond acceptors (Lipinski definition) is 4. The van der Waals surface area contributed by atoms with E-state index in [9.17, 15) is 4.79 Å². The van der Waals surface area contributed by atoms with Gasteiger partial charge >= 0.3 is 5.97 Å². The van der Waals surface area contributed by atoms with Gasteiger partial charge in [-0.3, -0.25) is 4.79 Å². The number of carbonyl (C=O) groups excluding carboxylic acids is 1. The van der Waals surface area contributed by atoms with E-state index in [4.69, 9.17) is 10.00 Å². The molecule has 2 fully saturated rings. The van der Waals surface area contributed by atoms with Gasteiger partial charge in [0.25, 0.3) is 0 Å². The van der Waals surface area contributed by atoms with Gasteiger partial charge in [-0.1, -0.05) is 6.92 Å². The monoisotopic (exact) mass is 236 g/mol. The fourth-order valence-corrected chi connectivity index (χ4v) is 2.86. The van der Waals surface area contributed by atoms with Crippen LogP contribution in [0.2, 0.25) is 0 Å². The van der Waals surface area contributed by atoms with Crippen molar-refractivity contribution in [2.45, 2.75) is 26.2 Å². The zero-order chi connectivity index (χ0) is 12.5. The lowest BCUT2D eigenvalue weighted by Crippen LogP contribution is -2.29. The summed E-state index contributed by atoms with van der Waals surface area (Å²) in [6.45, 7) is 4.82. The largest absolute Gasteiger partial charge is 0.469 e. The molecule has 0 bridgehead atoms. The van der Waals surface area contributed by atoms with E-state index in [0.29, 0.717) is 12.3 Å². The highest BCUT2D eigenvalue weighted by molar-refractivity contribution is 5.73. The maximum absolute atomic E-state index is 11.6. The van der Waals surface area contributed by atoms with Crippen molar-refractivity contribution in [1.82, 2.24) is 4.90 Å². The third-order valence-corrected chi connectivity index (χ3v) is 4.16. The number of hydrogen-bond donors (Lipinski definition) is 0. The minimum atomic E-state index is -0.0925. The van der Waals surface area contributed by atoms with Gasteiger partial charge in [0.15, 0.2) is 0 Å². The van der Waals surface area contributed by atoms with Crippen molar-refractivity contribution in [3.63, 3.8) is 0 Å². The Bertz CT molecular complexity index is 344. The van der Waals surface area contributed by atoms with Crippen LogP contribution in [0.1, 0.15) is 26.2 Å². The van der Waals surface area contributed by atoms with Gasteiger partial charge < -0.3 is 9.64 Å². The molecule has 2 unspecified atom stereocenters. The Labute approximate surface area is 103 Å². The van der Waals surface area contributed by atoms with Gasteiger partial charge in [0.05, 0.1) is 19.1 Å². The second-order valence-corrected chi connectivity index (χ2v) is 5.64. The minimum absolute atomic E-state index is 0.0119. The topological polar surface area (TPSA) is 53.3 Å². The molecule has 17 heavy (non-hydrogen) atoms. The van der Waals surface area contributed by atoms with Gasteiger partial charge in [-0.05, 0) is 24.2 Å². The van der Waals surface area contributed by atoms with Crippen LogP contribution in [0.15, 0.2) is 0 Å². The normalized spacial score (nSPS) is 30.9. The van der Waals surface area contributed by atoms with Crippen LogP contribution in [0.4, 0.5) is 0 Å². The third kappa shape index (κ3) is 2.61. The Morgan fingerprint density at radius 3 is 2.76 bits per heavy atom. The standard InChI is InChI=1S/C13H20N2O2/c1-10-7-15(8-11(10)12(16)17-2)9-13(3-4-13)5-6-14/h10-11H,3-5,7-9H2,1-2H3. The second-order valence-electron chi connectivity index (χ2n) is 5.64. The molecule has 0 spiro atoms. The molecule has 0 aromatic heterocycles. The summed E-state index contributed by atoms with van der Waals surface area (Å²) in [7, 11) is 1.45. The van der Waals surface area contributed by atoms with Crippen LogP contribution < -0.4 is 0 Å². The summed E-state index contributed by atoms with van der Waals surface area (Å²) in [6, 6.07) is 2.28. The first kappa shape index (κ1) is 12.4. The maximum atomic E-state index is 11.6. The Balaban J connectivity index is 1.89. The molecule has 4 nitrogen and oxygen atoms in total. The summed E-state index contributed by atoms with van der Waals surface area (Å²) in [5.74, 6) is 0.281. The highest BCUT2D eigenvalue weighted by Gasteiger charge is 2.46. The van der Waals surface area contributed by atoms with Crippen molar-refractivity contribution in [1.29, 1.82) is 5.26 Å². The van der Waals surface area contributed by atoms with Crippen LogP contribution in [0.25, 0.3) is 0 Å². The predicted molar refractivity (Wildman–Crippen MR) is 63.0 cm³/mol. The molecular formula is C13H20N2O2. The lowest BCUT2D eigenvalue weighted by Gasteiger charge is -2.21. The maximum Gasteiger partial charge on any atom is 0.310 e. The molecule has 0 N–H and O–H groups in total. The smallest absolute Gasteiger partial charge is 0.310 e. The molecule has 1 saturated heterocycles. The van der Waals surface area contributed by atoms with Crippen molar-refractivity contribution >= 4 is 5.97 Å². The summed E-state index contributed by atoms with van der Waals surface area (Å²) in [5.41, 5.74) is 0.236. The molecular weight excluding hydrogens is 216 g/mol. The number of methoxy groups -OCH3 is 1. The molecule has 2 rings (SSSR count). The first-order chi connectivity index (χ1) is 8.10. The number of esters is 1. The molecule has 2 atom stereocenters. The van der Waals surface area contributed by atoms with Crippen LogP contribution in [0.5, 0.6) is 0 Å². The first-order valence-electron chi connectivity index (χ1n) is 6.27. The first-order valence-corrected chi connectivity index (χ1v) is 6.27. The van der Waals surface area contributed by atoms with Gasteiger partial charge in [0.2, 0.25) is 0 Å². The molecule has 1 aliphatic heterocycles. The molecule has 2 aliphatic rings. The van der Waals surface area contributed by atoms with Gasteiger partial charge in [0, 0.05) is 26.1 Å². The molecule has 1 aliphatic carbocycles. The molecule has 4 heteroatoms. The van der Waals surface area contributed by atoms with Gasteiger partial charge in [-0.25, -0.2) is 0 Å². The van der Waals surface area contributed by atoms with Gasteiger partial charge in [0.1, 0.15) is 0 Å². The summed E-state index contributed by atoms with van der Waals surface area (Å²) in [5, 5.41) is 8.80. The van der Waals surface area contributed by atoms with Crippen molar-refractivity contribution < 1.29 is 9.53 Å². The summed E-state index contributed by atoms with van der Waals surface area (Å²) < 4.78 is 4.83. The minimum Gasteiger partial charge on any atom is -0.469 e. The lowest BCUT2D eigenvalue weighted by atomic mass is 9.99. The number of rotatable bonds is 4. The van der Waals surface area contributed by atoms with E-state index in [1.54, 1.807) is 0 Å². The van der Waals surface area contributed by atoms with Crippen LogP contribution in [0.3, 0.4) is 0 Å². The Kier molecular flexibility index (Phi) is 3.39. The number of ether oxygens (including phenoxy) is 1. The van der Waals surface area contributed by atoms with Gasteiger partial charge in [-0.2, -0.15) is 5.26 Å². The Hall–Kier alpha value is -1.08. The zero-order valence-electron chi connectivity index (χ0n) is 10.6. The van der Waals surface area contributed by atoms with Crippen molar-refractivity contribution in [2.24, 2.45) is 17.3 Å². The van der Waals surface area contributed by atoms with E-state index < -0.39 is 0 Å². The SMILES string of the molecule is COC(=O)C1CN(CC2(CC#N)CC2)CC1C. The van der Waals surface area contributed by atoms with E-state index in [2.05, 4.69) is 17.9 Å². The molecule has 0 aromatic rings. The van der Waals surface area contributed by atoms with Crippen molar-refractivity contribution in [3.8, 4) is 6.07 Å². The zero-order valence-corrected chi connectivity index (χ0v) is 10.6. The molecule has 1 heterocycles. The number of nitrogens with zero attached hydrogens (tertiary/aromatic N) is 2. The number of carbonyl (C=O) groups is 1. The molecule has 94 valence electrons. The van der Waals surface area contributed by atoms with E-state index >= 15 is 0 Å². The average molecular weight is 236 g/mol. The Morgan fingerprint density at radius 1 is 1.53 bits per heavy atom. The number of nitriles is 1. The Morgan fingerprint density at radius 2 is 2.24 bits per heavy atom. The molecule has 0 amide bonds. The van der Waals surface area contributed by atoms with Gasteiger partial charge in [-0.15, -0.1) is 0 Å². The van der Waals surface area contributed by atoms with Crippen LogP contribution in [0, 0.1) is 28.6 Å². The number of likely N-dealkylation sites (tertiary alicyclic amines) is 1. The van der Waals surface area contributed by atoms with Crippen molar-refractivity contribution in [3.05, 3.63) is 0 Å². The quantitative estimate of drug-likeness (QED) is 0.693. The fourth-order valence-electron chi connectivity index (χ4n) is 2.86. The lowest BCUT2D eigenvalue weighted by molar-refractivity contribution is -0.146. The van der Waals surface area contributed by atoms with Crippen molar-refractivity contribution in [2.75, 3.05) is 26.7 Å². The van der Waals surface area contributed by atoms with Crippen LogP contribution in [-0.2, 0) is 9.53 Å². The van der Waals surface area contributed by atoms with E-state index in [0.717, 1.165) is 32.5 Å². The summed E-state index contributed by atoms with van der Waals surface area (Å²) in [4.78, 5) is 13.9. The van der Waals surface area contributed by atoms with Crippen LogP contribution >= 0.6 is 0 Å². The summed E-state index contributed by atoms with van der Waals surface area (Å²) >= 11 is 0. The summed E-state index contributed by atoms with van der Waals surface area (Å²) in [6.07, 6.45) is 2.98. The van der Waals surface area contributed by atoms with E-state index in [1.165, 1.54) is 7.11 Å². The third-order valence-electron chi connectivity index (χ3n) is 4.16. The highest BCUT2D eigenvalue weighted by atomic mass is 16.5. The second kappa shape index (κ2) is 4.66. The highest BCUT2D eigenvalue weighted by Crippen LogP contribution is 2.49.